The molecule has 3 aromatic carbocycles. The van der Waals surface area contributed by atoms with Crippen LogP contribution in [-0.4, -0.2) is 11.1 Å². The van der Waals surface area contributed by atoms with Gasteiger partial charge < -0.3 is 4.74 Å². The number of aromatic nitrogens is 2. The predicted octanol–water partition coefficient (Wildman–Crippen LogP) is 4.45. The lowest BCUT2D eigenvalue weighted by Gasteiger charge is -2.32. The molecule has 4 aromatic rings. The molecule has 0 aliphatic carbocycles. The maximum atomic E-state index is 6.49. The molecule has 0 bridgehead atoms. The summed E-state index contributed by atoms with van der Waals surface area (Å²) in [4.78, 5) is 4.92. The molecule has 0 saturated carbocycles. The van der Waals surface area contributed by atoms with Crippen molar-refractivity contribution in [1.82, 2.24) is 4.98 Å². The lowest BCUT2D eigenvalue weighted by atomic mass is 9.97. The highest BCUT2D eigenvalue weighted by molar-refractivity contribution is 6.23. The third kappa shape index (κ3) is 1.76. The van der Waals surface area contributed by atoms with E-state index < -0.39 is 5.91 Å². The number of aryl methyl sites for hydroxylation is 1. The Hall–Kier alpha value is -2.98. The molecule has 4 heteroatoms. The summed E-state index contributed by atoms with van der Waals surface area (Å²) in [6.45, 7) is 6.07. The van der Waals surface area contributed by atoms with Gasteiger partial charge in [0.1, 0.15) is 22.5 Å². The van der Waals surface area contributed by atoms with Crippen molar-refractivity contribution in [3.05, 3.63) is 71.8 Å². The first kappa shape index (κ1) is 15.1. The summed E-state index contributed by atoms with van der Waals surface area (Å²) in [6.07, 6.45) is 4.01. The first-order valence-electron chi connectivity index (χ1n) is 9.31. The minimum absolute atomic E-state index is 0.0474. The second kappa shape index (κ2) is 4.84. The highest BCUT2D eigenvalue weighted by Gasteiger charge is 2.57. The summed E-state index contributed by atoms with van der Waals surface area (Å²) >= 11 is 0. The number of nitrogens with zero attached hydrogens (tertiary/aromatic N) is 2. The fraction of sp³-hybridized carbons (Fsp3) is 0.217. The van der Waals surface area contributed by atoms with Crippen molar-refractivity contribution in [1.29, 1.82) is 0 Å². The Morgan fingerprint density at radius 2 is 1.78 bits per heavy atom. The molecule has 0 fully saturated rings. The van der Waals surface area contributed by atoms with Crippen LogP contribution in [0.5, 0.6) is 0 Å². The highest BCUT2D eigenvalue weighted by Crippen LogP contribution is 2.45. The minimum atomic E-state index is -0.983. The zero-order valence-electron chi connectivity index (χ0n) is 15.5. The van der Waals surface area contributed by atoms with Crippen LogP contribution in [0, 0.1) is 6.92 Å². The van der Waals surface area contributed by atoms with E-state index in [9.17, 15) is 0 Å². The van der Waals surface area contributed by atoms with Gasteiger partial charge in [0.15, 0.2) is 6.20 Å². The van der Waals surface area contributed by atoms with Crippen molar-refractivity contribution in [3.8, 4) is 0 Å². The van der Waals surface area contributed by atoms with E-state index in [1.165, 1.54) is 16.2 Å². The van der Waals surface area contributed by atoms with E-state index in [-0.39, 0.29) is 6.10 Å². The van der Waals surface area contributed by atoms with Crippen molar-refractivity contribution >= 4 is 32.6 Å². The van der Waals surface area contributed by atoms with Crippen LogP contribution in [-0.2, 0) is 15.4 Å². The zero-order chi connectivity index (χ0) is 18.3. The average molecular weight is 355 g/mol. The predicted molar refractivity (Wildman–Crippen MR) is 104 cm³/mol. The van der Waals surface area contributed by atoms with E-state index in [1.54, 1.807) is 0 Å². The molecule has 132 valence electrons. The summed E-state index contributed by atoms with van der Waals surface area (Å²) in [7, 11) is 0. The number of hydrogen-bond acceptors (Lipinski definition) is 3. The van der Waals surface area contributed by atoms with Crippen LogP contribution in [0.15, 0.2) is 60.5 Å². The number of fused-ring (bicyclic) bond motifs is 5. The van der Waals surface area contributed by atoms with Gasteiger partial charge in [-0.25, -0.2) is 4.98 Å². The van der Waals surface area contributed by atoms with Gasteiger partial charge in [0.2, 0.25) is 5.52 Å². The smallest absolute Gasteiger partial charge is 0.410 e. The Morgan fingerprint density at radius 3 is 2.59 bits per heavy atom. The van der Waals surface area contributed by atoms with Gasteiger partial charge in [-0.15, -0.1) is 4.57 Å². The van der Waals surface area contributed by atoms with Crippen LogP contribution in [0.1, 0.15) is 25.1 Å². The topological polar surface area (TPSA) is 35.2 Å². The van der Waals surface area contributed by atoms with Crippen LogP contribution < -0.4 is 4.57 Å². The normalized spacial score (nSPS) is 23.5. The molecule has 2 aliphatic heterocycles. The molecular weight excluding hydrogens is 336 g/mol. The zero-order valence-corrected chi connectivity index (χ0v) is 15.5. The van der Waals surface area contributed by atoms with E-state index in [0.717, 1.165) is 33.4 Å². The highest BCUT2D eigenvalue weighted by atomic mass is 16.7. The van der Waals surface area contributed by atoms with Crippen molar-refractivity contribution in [2.75, 3.05) is 0 Å². The number of rotatable bonds is 0. The first-order valence-corrected chi connectivity index (χ1v) is 9.31. The molecule has 0 radical (unpaired) electrons. The number of hydrogen-bond donors (Lipinski definition) is 0. The van der Waals surface area contributed by atoms with Crippen molar-refractivity contribution in [2.24, 2.45) is 0 Å². The van der Waals surface area contributed by atoms with E-state index in [1.807, 2.05) is 26.1 Å². The molecule has 4 nitrogen and oxygen atoms in total. The van der Waals surface area contributed by atoms with Crippen LogP contribution in [0.25, 0.3) is 32.6 Å². The van der Waals surface area contributed by atoms with E-state index >= 15 is 0 Å². The number of benzene rings is 3. The SMILES string of the molecule is CC1=CC(C)OC2(O1)c1cccc3c4ccccc4c4nc(C)c[n+]2c4c13. The summed E-state index contributed by atoms with van der Waals surface area (Å²) in [5.41, 5.74) is 4.05. The Balaban J connectivity index is 1.90. The second-order valence-electron chi connectivity index (χ2n) is 7.51. The Kier molecular flexibility index (Phi) is 2.71. The molecule has 2 aliphatic rings. The van der Waals surface area contributed by atoms with Crippen molar-refractivity contribution in [2.45, 2.75) is 32.8 Å². The lowest BCUT2D eigenvalue weighted by molar-refractivity contribution is -0.822. The molecule has 0 N–H and O–H groups in total. The molecule has 2 atom stereocenters. The van der Waals surface area contributed by atoms with Crippen LogP contribution in [0.2, 0.25) is 0 Å². The van der Waals surface area contributed by atoms with Gasteiger partial charge in [0.25, 0.3) is 0 Å². The Morgan fingerprint density at radius 1 is 1.00 bits per heavy atom. The van der Waals surface area contributed by atoms with Gasteiger partial charge in [-0.3, -0.25) is 4.74 Å². The molecule has 27 heavy (non-hydrogen) atoms. The molecule has 0 amide bonds. The monoisotopic (exact) mass is 355 g/mol. The molecule has 3 heterocycles. The third-order valence-electron chi connectivity index (χ3n) is 5.61. The summed E-state index contributed by atoms with van der Waals surface area (Å²) in [6, 6.07) is 14.9. The molecule has 6 rings (SSSR count). The summed E-state index contributed by atoms with van der Waals surface area (Å²) in [5, 5.41) is 4.74. The van der Waals surface area contributed by atoms with Crippen molar-refractivity contribution in [3.63, 3.8) is 0 Å². The maximum Gasteiger partial charge on any atom is 0.464 e. The first-order chi connectivity index (χ1) is 13.1. The molecule has 1 aromatic heterocycles. The van der Waals surface area contributed by atoms with Crippen LogP contribution in [0.4, 0.5) is 0 Å². The van der Waals surface area contributed by atoms with Crippen LogP contribution >= 0.6 is 0 Å². The standard InChI is InChI=1S/C23H19N2O2/c1-13-12-25-22-20-17(16-7-4-5-8-18(16)21(22)24-13)9-6-10-19(20)23(25)26-14(2)11-15(3)27-23/h4-12,14H,1-3H3/q+1. The Bertz CT molecular complexity index is 1320. The largest absolute Gasteiger partial charge is 0.464 e. The van der Waals surface area contributed by atoms with E-state index in [0.29, 0.717) is 0 Å². The van der Waals surface area contributed by atoms with Crippen molar-refractivity contribution < 1.29 is 14.0 Å². The van der Waals surface area contributed by atoms with Crippen LogP contribution in [0.3, 0.4) is 0 Å². The maximum absolute atomic E-state index is 6.49. The number of ether oxygens (including phenoxy) is 2. The van der Waals surface area contributed by atoms with Gasteiger partial charge in [-0.05, 0) is 43.7 Å². The lowest BCUT2D eigenvalue weighted by Crippen LogP contribution is -2.60. The van der Waals surface area contributed by atoms with Gasteiger partial charge >= 0.3 is 5.91 Å². The van der Waals surface area contributed by atoms with E-state index in [4.69, 9.17) is 14.5 Å². The fourth-order valence-corrected chi connectivity index (χ4v) is 4.75. The Labute approximate surface area is 156 Å². The molecular formula is C23H19N2O2+. The van der Waals surface area contributed by atoms with Gasteiger partial charge in [-0.1, -0.05) is 36.4 Å². The van der Waals surface area contributed by atoms with E-state index in [2.05, 4.69) is 54.0 Å². The van der Waals surface area contributed by atoms with Gasteiger partial charge in [0, 0.05) is 5.39 Å². The summed E-state index contributed by atoms with van der Waals surface area (Å²) < 4.78 is 15.1. The quantitative estimate of drug-likeness (QED) is 0.345. The number of allylic oxidation sites excluding steroid dienone is 1. The second-order valence-corrected chi connectivity index (χ2v) is 7.51. The molecule has 1 spiro atoms. The fourth-order valence-electron chi connectivity index (χ4n) is 4.75. The minimum Gasteiger partial charge on any atom is -0.410 e. The summed E-state index contributed by atoms with van der Waals surface area (Å²) in [5.74, 6) is -0.109. The van der Waals surface area contributed by atoms with Gasteiger partial charge in [0.05, 0.1) is 11.5 Å². The van der Waals surface area contributed by atoms with Gasteiger partial charge in [-0.2, -0.15) is 0 Å². The molecule has 2 unspecified atom stereocenters. The molecule has 0 saturated heterocycles. The third-order valence-corrected chi connectivity index (χ3v) is 5.61. The average Bonchev–Trinajstić information content (AvgIpc) is 2.90.